The number of amides is 1. The van der Waals surface area contributed by atoms with E-state index in [4.69, 9.17) is 17.4 Å². The van der Waals surface area contributed by atoms with Crippen molar-refractivity contribution in [3.8, 4) is 0 Å². The number of carbonyl (C=O) groups is 1. The van der Waals surface area contributed by atoms with Gasteiger partial charge in [-0.05, 0) is 31.5 Å². The van der Waals surface area contributed by atoms with Crippen molar-refractivity contribution in [1.29, 1.82) is 0 Å². The van der Waals surface area contributed by atoms with Gasteiger partial charge >= 0.3 is 6.18 Å². The Bertz CT molecular complexity index is 765. The molecule has 1 unspecified atom stereocenters. The number of aryl methyl sites for hydroxylation is 1. The molecule has 24 heavy (non-hydrogen) atoms. The van der Waals surface area contributed by atoms with Crippen LogP contribution in [0.3, 0.4) is 0 Å². The van der Waals surface area contributed by atoms with E-state index >= 15 is 0 Å². The number of halogens is 4. The van der Waals surface area contributed by atoms with Crippen LogP contribution in [-0.2, 0) is 11.0 Å². The molecule has 1 aromatic carbocycles. The molecular formula is C13H13ClF3N5OS. The number of nitrogens with zero attached hydrogens (tertiary/aromatic N) is 3. The third-order valence-electron chi connectivity index (χ3n) is 3.03. The van der Waals surface area contributed by atoms with Crippen molar-refractivity contribution in [2.45, 2.75) is 30.4 Å². The summed E-state index contributed by atoms with van der Waals surface area (Å²) in [5, 5.41) is 8.52. The standard InChI is InChI=1S/C13H13ClF3N5OS/c1-6-3-4-8(14)5-9(6)19-10(23)7(2)24-12-21-20-11(22(12)18)13(15,16)17/h3-5,7H,18H2,1-2H3,(H,19,23). The van der Waals surface area contributed by atoms with Crippen LogP contribution in [0.4, 0.5) is 18.9 Å². The zero-order valence-corrected chi connectivity index (χ0v) is 14.1. The second-order valence-electron chi connectivity index (χ2n) is 4.88. The number of hydrogen-bond acceptors (Lipinski definition) is 5. The van der Waals surface area contributed by atoms with Crippen LogP contribution in [-0.4, -0.2) is 26.0 Å². The number of benzene rings is 1. The molecule has 1 atom stereocenters. The van der Waals surface area contributed by atoms with Gasteiger partial charge in [0.05, 0.1) is 5.25 Å². The van der Waals surface area contributed by atoms with Gasteiger partial charge in [-0.25, -0.2) is 4.68 Å². The van der Waals surface area contributed by atoms with Crippen molar-refractivity contribution in [1.82, 2.24) is 14.9 Å². The minimum absolute atomic E-state index is 0.215. The van der Waals surface area contributed by atoms with E-state index in [0.717, 1.165) is 17.3 Å². The molecule has 0 radical (unpaired) electrons. The van der Waals surface area contributed by atoms with Gasteiger partial charge in [-0.2, -0.15) is 13.2 Å². The molecule has 1 aromatic heterocycles. The summed E-state index contributed by atoms with van der Waals surface area (Å²) in [5.41, 5.74) is 1.32. The monoisotopic (exact) mass is 379 g/mol. The normalized spacial score (nSPS) is 12.9. The molecule has 0 bridgehead atoms. The predicted molar refractivity (Wildman–Crippen MR) is 85.3 cm³/mol. The number of nitrogens with one attached hydrogen (secondary N) is 1. The molecule has 0 aliphatic carbocycles. The first kappa shape index (κ1) is 18.4. The molecule has 3 N–H and O–H groups in total. The largest absolute Gasteiger partial charge is 0.453 e. The second kappa shape index (κ2) is 6.89. The lowest BCUT2D eigenvalue weighted by molar-refractivity contribution is -0.146. The van der Waals surface area contributed by atoms with Crippen LogP contribution in [0.5, 0.6) is 0 Å². The number of carbonyl (C=O) groups excluding carboxylic acids is 1. The van der Waals surface area contributed by atoms with Gasteiger partial charge in [-0.15, -0.1) is 10.2 Å². The van der Waals surface area contributed by atoms with E-state index in [9.17, 15) is 18.0 Å². The van der Waals surface area contributed by atoms with Gasteiger partial charge in [0.1, 0.15) is 0 Å². The molecule has 2 aromatic rings. The minimum Gasteiger partial charge on any atom is -0.335 e. The van der Waals surface area contributed by atoms with E-state index in [2.05, 4.69) is 15.5 Å². The molecule has 1 amide bonds. The third kappa shape index (κ3) is 4.12. The van der Waals surface area contributed by atoms with Crippen LogP contribution < -0.4 is 11.2 Å². The van der Waals surface area contributed by atoms with Crippen molar-refractivity contribution < 1.29 is 18.0 Å². The highest BCUT2D eigenvalue weighted by atomic mass is 35.5. The van der Waals surface area contributed by atoms with E-state index in [1.165, 1.54) is 6.92 Å². The number of nitrogen functional groups attached to an aromatic ring is 1. The first-order valence-corrected chi connectivity index (χ1v) is 7.86. The number of nitrogens with two attached hydrogens (primary N) is 1. The minimum atomic E-state index is -4.72. The Labute approximate surface area is 144 Å². The molecule has 0 aliphatic rings. The van der Waals surface area contributed by atoms with E-state index in [0.29, 0.717) is 15.4 Å². The van der Waals surface area contributed by atoms with E-state index in [1.807, 2.05) is 0 Å². The number of aromatic nitrogens is 3. The van der Waals surface area contributed by atoms with Gasteiger partial charge in [0, 0.05) is 10.7 Å². The first-order chi connectivity index (χ1) is 11.1. The highest BCUT2D eigenvalue weighted by Gasteiger charge is 2.38. The molecule has 0 spiro atoms. The van der Waals surface area contributed by atoms with Crippen LogP contribution in [0.15, 0.2) is 23.4 Å². The molecule has 1 heterocycles. The van der Waals surface area contributed by atoms with Crippen molar-refractivity contribution in [3.05, 3.63) is 34.6 Å². The van der Waals surface area contributed by atoms with E-state index in [-0.39, 0.29) is 5.16 Å². The smallest absolute Gasteiger partial charge is 0.335 e. The molecule has 11 heteroatoms. The zero-order valence-electron chi connectivity index (χ0n) is 12.6. The Kier molecular flexibility index (Phi) is 5.29. The summed E-state index contributed by atoms with van der Waals surface area (Å²) in [6, 6.07) is 5.00. The fourth-order valence-electron chi connectivity index (χ4n) is 1.73. The molecule has 0 saturated heterocycles. The summed E-state index contributed by atoms with van der Waals surface area (Å²) < 4.78 is 38.2. The Morgan fingerprint density at radius 2 is 2.08 bits per heavy atom. The Balaban J connectivity index is 2.10. The summed E-state index contributed by atoms with van der Waals surface area (Å²) in [6.07, 6.45) is -4.72. The summed E-state index contributed by atoms with van der Waals surface area (Å²) in [5.74, 6) is 3.58. The van der Waals surface area contributed by atoms with E-state index in [1.54, 1.807) is 25.1 Å². The summed E-state index contributed by atoms with van der Waals surface area (Å²) in [6.45, 7) is 3.30. The highest BCUT2D eigenvalue weighted by molar-refractivity contribution is 8.00. The topological polar surface area (TPSA) is 85.8 Å². The number of hydrogen-bond donors (Lipinski definition) is 2. The number of alkyl halides is 3. The third-order valence-corrected chi connectivity index (χ3v) is 4.32. The molecule has 2 rings (SSSR count). The van der Waals surface area contributed by atoms with Crippen LogP contribution in [0.2, 0.25) is 5.02 Å². The fraction of sp³-hybridized carbons (Fsp3) is 0.308. The summed E-state index contributed by atoms with van der Waals surface area (Å²) in [7, 11) is 0. The quantitative estimate of drug-likeness (QED) is 0.629. The molecule has 130 valence electrons. The zero-order chi connectivity index (χ0) is 18.1. The van der Waals surface area contributed by atoms with Crippen molar-refractivity contribution >= 4 is 35.0 Å². The second-order valence-corrected chi connectivity index (χ2v) is 6.63. The van der Waals surface area contributed by atoms with Gasteiger partial charge in [-0.3, -0.25) is 4.79 Å². The number of anilines is 1. The molecule has 0 aliphatic heterocycles. The van der Waals surface area contributed by atoms with Crippen molar-refractivity contribution in [2.24, 2.45) is 0 Å². The molecule has 0 saturated carbocycles. The number of rotatable bonds is 4. The predicted octanol–water partition coefficient (Wildman–Crippen LogP) is 3.09. The van der Waals surface area contributed by atoms with Crippen LogP contribution in [0.1, 0.15) is 18.3 Å². The maximum absolute atomic E-state index is 12.6. The van der Waals surface area contributed by atoms with Gasteiger partial charge < -0.3 is 11.2 Å². The summed E-state index contributed by atoms with van der Waals surface area (Å²) >= 11 is 6.64. The lowest BCUT2D eigenvalue weighted by Crippen LogP contribution is -2.25. The SMILES string of the molecule is Cc1ccc(Cl)cc1NC(=O)C(C)Sc1nnc(C(F)(F)F)n1N. The fourth-order valence-corrected chi connectivity index (χ4v) is 2.67. The van der Waals surface area contributed by atoms with Gasteiger partial charge in [0.15, 0.2) is 0 Å². The van der Waals surface area contributed by atoms with Gasteiger partial charge in [-0.1, -0.05) is 29.4 Å². The van der Waals surface area contributed by atoms with Gasteiger partial charge in [0.25, 0.3) is 5.82 Å². The van der Waals surface area contributed by atoms with Crippen molar-refractivity contribution in [3.63, 3.8) is 0 Å². The Morgan fingerprint density at radius 3 is 2.67 bits per heavy atom. The molecule has 6 nitrogen and oxygen atoms in total. The first-order valence-electron chi connectivity index (χ1n) is 6.61. The lowest BCUT2D eigenvalue weighted by Gasteiger charge is -2.13. The lowest BCUT2D eigenvalue weighted by atomic mass is 10.2. The van der Waals surface area contributed by atoms with Gasteiger partial charge in [0.2, 0.25) is 11.1 Å². The van der Waals surface area contributed by atoms with Crippen LogP contribution >= 0.6 is 23.4 Å². The van der Waals surface area contributed by atoms with E-state index < -0.39 is 23.2 Å². The van der Waals surface area contributed by atoms with Crippen LogP contribution in [0, 0.1) is 6.92 Å². The molecule has 0 fully saturated rings. The van der Waals surface area contributed by atoms with Crippen LogP contribution in [0.25, 0.3) is 0 Å². The van der Waals surface area contributed by atoms with Crippen molar-refractivity contribution in [2.75, 3.05) is 11.2 Å². The molecular weight excluding hydrogens is 367 g/mol. The maximum Gasteiger partial charge on any atom is 0.453 e. The maximum atomic E-state index is 12.6. The Hall–Kier alpha value is -1.94. The average Bonchev–Trinajstić information content (AvgIpc) is 2.84. The highest BCUT2D eigenvalue weighted by Crippen LogP contribution is 2.30. The Morgan fingerprint density at radius 1 is 1.42 bits per heavy atom. The average molecular weight is 380 g/mol. The summed E-state index contributed by atoms with van der Waals surface area (Å²) in [4.78, 5) is 12.2. The number of thioether (sulfide) groups is 1.